The quantitative estimate of drug-likeness (QED) is 0.486. The number of piperidine rings is 1. The first-order valence-corrected chi connectivity index (χ1v) is 13.5. The second-order valence-corrected chi connectivity index (χ2v) is 11.6. The van der Waals surface area contributed by atoms with Gasteiger partial charge in [0.05, 0.1) is 23.3 Å². The smallest absolute Gasteiger partial charge is 0.337 e. The molecule has 1 aliphatic heterocycles. The van der Waals surface area contributed by atoms with Crippen LogP contribution in [0.3, 0.4) is 0 Å². The highest BCUT2D eigenvalue weighted by atomic mass is 32.2. The lowest BCUT2D eigenvalue weighted by Gasteiger charge is -2.34. The number of thiazole rings is 1. The Morgan fingerprint density at radius 3 is 2.20 bits per heavy atom. The first kappa shape index (κ1) is 25.0. The fourth-order valence-electron chi connectivity index (χ4n) is 4.26. The molecule has 184 valence electrons. The zero-order valence-electron chi connectivity index (χ0n) is 19.7. The molecule has 0 saturated carbocycles. The first-order valence-electron chi connectivity index (χ1n) is 11.2. The van der Waals surface area contributed by atoms with Gasteiger partial charge in [0.2, 0.25) is 10.0 Å². The summed E-state index contributed by atoms with van der Waals surface area (Å²) in [6.07, 6.45) is 1.02. The van der Waals surface area contributed by atoms with Crippen molar-refractivity contribution in [3.8, 4) is 11.3 Å². The number of rotatable bonds is 6. The van der Waals surface area contributed by atoms with Crippen molar-refractivity contribution in [1.29, 1.82) is 0 Å². The van der Waals surface area contributed by atoms with Crippen LogP contribution in [-0.4, -0.2) is 49.8 Å². The predicted molar refractivity (Wildman–Crippen MR) is 135 cm³/mol. The Morgan fingerprint density at radius 1 is 1.00 bits per heavy atom. The maximum absolute atomic E-state index is 13.1. The van der Waals surface area contributed by atoms with Crippen LogP contribution in [0, 0.1) is 11.8 Å². The summed E-state index contributed by atoms with van der Waals surface area (Å²) in [5.74, 6) is -0.169. The van der Waals surface area contributed by atoms with E-state index in [0.717, 1.165) is 12.0 Å². The van der Waals surface area contributed by atoms with Crippen molar-refractivity contribution >= 4 is 38.4 Å². The van der Waals surface area contributed by atoms with Crippen molar-refractivity contribution in [3.05, 3.63) is 65.0 Å². The number of hydrogen-bond donors (Lipinski definition) is 1. The number of carbonyl (C=O) groups excluding carboxylic acids is 2. The summed E-state index contributed by atoms with van der Waals surface area (Å²) in [5, 5.41) is 4.97. The second kappa shape index (κ2) is 10.3. The van der Waals surface area contributed by atoms with Gasteiger partial charge < -0.3 is 4.74 Å². The number of ether oxygens (including phenoxy) is 1. The molecule has 1 N–H and O–H groups in total. The Labute approximate surface area is 209 Å². The minimum Gasteiger partial charge on any atom is -0.465 e. The topological polar surface area (TPSA) is 106 Å². The minimum absolute atomic E-state index is 0.183. The van der Waals surface area contributed by atoms with Crippen molar-refractivity contribution in [2.24, 2.45) is 11.8 Å². The third kappa shape index (κ3) is 5.61. The van der Waals surface area contributed by atoms with Crippen LogP contribution in [0.1, 0.15) is 41.0 Å². The van der Waals surface area contributed by atoms with Gasteiger partial charge in [-0.3, -0.25) is 10.1 Å². The summed E-state index contributed by atoms with van der Waals surface area (Å²) in [4.78, 5) is 28.9. The normalized spacial score (nSPS) is 18.7. The number of aromatic nitrogens is 1. The zero-order chi connectivity index (χ0) is 25.2. The van der Waals surface area contributed by atoms with Gasteiger partial charge >= 0.3 is 5.97 Å². The maximum Gasteiger partial charge on any atom is 0.337 e. The molecule has 8 nitrogen and oxygen atoms in total. The average molecular weight is 514 g/mol. The van der Waals surface area contributed by atoms with Crippen LogP contribution in [0.4, 0.5) is 5.13 Å². The van der Waals surface area contributed by atoms with Gasteiger partial charge in [-0.15, -0.1) is 11.3 Å². The van der Waals surface area contributed by atoms with E-state index < -0.39 is 16.0 Å². The van der Waals surface area contributed by atoms with Crippen molar-refractivity contribution in [2.75, 3.05) is 25.5 Å². The van der Waals surface area contributed by atoms with E-state index in [-0.39, 0.29) is 10.8 Å². The lowest BCUT2D eigenvalue weighted by Crippen LogP contribution is -2.42. The summed E-state index contributed by atoms with van der Waals surface area (Å²) in [6, 6.07) is 12.8. The van der Waals surface area contributed by atoms with E-state index in [2.05, 4.69) is 24.1 Å². The first-order chi connectivity index (χ1) is 16.7. The molecule has 0 radical (unpaired) electrons. The highest BCUT2D eigenvalue weighted by Gasteiger charge is 2.31. The van der Waals surface area contributed by atoms with Gasteiger partial charge in [0.1, 0.15) is 0 Å². The average Bonchev–Trinajstić information content (AvgIpc) is 3.31. The van der Waals surface area contributed by atoms with E-state index in [1.165, 1.54) is 47.0 Å². The highest BCUT2D eigenvalue weighted by Crippen LogP contribution is 2.28. The molecule has 1 aromatic heterocycles. The predicted octanol–water partition coefficient (Wildman–Crippen LogP) is 4.52. The molecule has 1 amide bonds. The zero-order valence-corrected chi connectivity index (χ0v) is 21.4. The molecule has 2 heterocycles. The number of anilines is 1. The number of sulfonamides is 1. The largest absolute Gasteiger partial charge is 0.465 e. The SMILES string of the molecule is COC(=O)c1ccc(-c2csc(NC(=O)c3ccc(S(=O)(=O)N4C[C@@H](C)C[C@H](C)C4)cc3)n2)cc1. The third-order valence-corrected chi connectivity index (χ3v) is 8.52. The number of nitrogens with one attached hydrogen (secondary N) is 1. The maximum atomic E-state index is 13.1. The number of esters is 1. The molecule has 0 unspecified atom stereocenters. The number of carbonyl (C=O) groups is 2. The third-order valence-electron chi connectivity index (χ3n) is 5.92. The van der Waals surface area contributed by atoms with Gasteiger partial charge in [0.25, 0.3) is 5.91 Å². The Kier molecular flexibility index (Phi) is 7.34. The fourth-order valence-corrected chi connectivity index (χ4v) is 6.65. The van der Waals surface area contributed by atoms with Crippen LogP contribution in [0.5, 0.6) is 0 Å². The number of methoxy groups -OCH3 is 1. The molecule has 0 aliphatic carbocycles. The van der Waals surface area contributed by atoms with E-state index in [1.807, 2.05) is 0 Å². The van der Waals surface area contributed by atoms with Gasteiger partial charge in [-0.2, -0.15) is 4.31 Å². The van der Waals surface area contributed by atoms with E-state index >= 15 is 0 Å². The summed E-state index contributed by atoms with van der Waals surface area (Å²) >= 11 is 1.27. The van der Waals surface area contributed by atoms with Crippen LogP contribution in [0.15, 0.2) is 58.8 Å². The van der Waals surface area contributed by atoms with E-state index in [4.69, 9.17) is 4.74 Å². The number of amides is 1. The van der Waals surface area contributed by atoms with Crippen molar-refractivity contribution < 1.29 is 22.7 Å². The molecule has 1 aliphatic rings. The lowest BCUT2D eigenvalue weighted by molar-refractivity contribution is 0.0600. The Hall–Kier alpha value is -3.08. The monoisotopic (exact) mass is 513 g/mol. The molecule has 1 fully saturated rings. The molecular formula is C25H27N3O5S2. The summed E-state index contributed by atoms with van der Waals surface area (Å²) in [6.45, 7) is 5.14. The summed E-state index contributed by atoms with van der Waals surface area (Å²) in [7, 11) is -2.28. The number of benzene rings is 2. The molecular weight excluding hydrogens is 486 g/mol. The molecule has 35 heavy (non-hydrogen) atoms. The van der Waals surface area contributed by atoms with Crippen LogP contribution in [-0.2, 0) is 14.8 Å². The molecule has 2 aromatic carbocycles. The fraction of sp³-hybridized carbons (Fsp3) is 0.320. The van der Waals surface area contributed by atoms with Crippen LogP contribution < -0.4 is 5.32 Å². The summed E-state index contributed by atoms with van der Waals surface area (Å²) < 4.78 is 32.3. The lowest BCUT2D eigenvalue weighted by atomic mass is 9.94. The minimum atomic E-state index is -3.60. The van der Waals surface area contributed by atoms with Crippen molar-refractivity contribution in [3.63, 3.8) is 0 Å². The van der Waals surface area contributed by atoms with Crippen molar-refractivity contribution in [2.45, 2.75) is 25.2 Å². The molecule has 4 rings (SSSR count). The Morgan fingerprint density at radius 2 is 1.60 bits per heavy atom. The van der Waals surface area contributed by atoms with E-state index in [9.17, 15) is 18.0 Å². The highest BCUT2D eigenvalue weighted by molar-refractivity contribution is 7.89. The summed E-state index contributed by atoms with van der Waals surface area (Å²) in [5.41, 5.74) is 2.23. The molecule has 1 saturated heterocycles. The van der Waals surface area contributed by atoms with Gasteiger partial charge in [-0.1, -0.05) is 26.0 Å². The molecule has 0 bridgehead atoms. The number of nitrogens with zero attached hydrogens (tertiary/aromatic N) is 2. The van der Waals surface area contributed by atoms with Gasteiger partial charge in [0.15, 0.2) is 5.13 Å². The number of hydrogen-bond acceptors (Lipinski definition) is 7. The molecule has 0 spiro atoms. The molecule has 2 atom stereocenters. The van der Waals surface area contributed by atoms with Crippen LogP contribution >= 0.6 is 11.3 Å². The molecule has 10 heteroatoms. The van der Waals surface area contributed by atoms with E-state index in [0.29, 0.717) is 46.9 Å². The molecule has 3 aromatic rings. The second-order valence-electron chi connectivity index (χ2n) is 8.85. The standard InChI is InChI=1S/C25H27N3O5S2/c1-16-12-17(2)14-28(13-16)35(31,32)21-10-8-19(9-11-21)23(29)27-25-26-22(15-34-25)18-4-6-20(7-5-18)24(30)33-3/h4-11,15-17H,12-14H2,1-3H3,(H,26,27,29)/t16-,17-/m0/s1. The Bertz CT molecular complexity index is 1310. The van der Waals surface area contributed by atoms with Gasteiger partial charge in [-0.05, 0) is 54.7 Å². The van der Waals surface area contributed by atoms with Gasteiger partial charge in [-0.25, -0.2) is 18.2 Å². The Balaban J connectivity index is 1.43. The van der Waals surface area contributed by atoms with Crippen molar-refractivity contribution in [1.82, 2.24) is 9.29 Å². The van der Waals surface area contributed by atoms with Gasteiger partial charge in [0, 0.05) is 29.6 Å². The van der Waals surface area contributed by atoms with Crippen LogP contribution in [0.25, 0.3) is 11.3 Å². The van der Waals surface area contributed by atoms with E-state index in [1.54, 1.807) is 29.6 Å². The van der Waals surface area contributed by atoms with Crippen LogP contribution in [0.2, 0.25) is 0 Å².